The van der Waals surface area contributed by atoms with Crippen LogP contribution < -0.4 is 5.32 Å². The Morgan fingerprint density at radius 2 is 1.84 bits per heavy atom. The normalized spacial score (nSPS) is 18.0. The molecule has 1 aromatic carbocycles. The van der Waals surface area contributed by atoms with E-state index in [2.05, 4.69) is 12.2 Å². The summed E-state index contributed by atoms with van der Waals surface area (Å²) in [6.45, 7) is 6.03. The number of hydrogen-bond donors (Lipinski definition) is 1. The topological polar surface area (TPSA) is 66.5 Å². The van der Waals surface area contributed by atoms with E-state index in [0.717, 1.165) is 32.2 Å². The zero-order valence-electron chi connectivity index (χ0n) is 15.2. The summed E-state index contributed by atoms with van der Waals surface area (Å²) in [5.74, 6) is -0.425. The van der Waals surface area contributed by atoms with Crippen molar-refractivity contribution in [2.24, 2.45) is 0 Å². The quantitative estimate of drug-likeness (QED) is 0.657. The van der Waals surface area contributed by atoms with Gasteiger partial charge in [0.2, 0.25) is 11.8 Å². The van der Waals surface area contributed by atoms with E-state index in [4.69, 9.17) is 0 Å². The van der Waals surface area contributed by atoms with Gasteiger partial charge in [-0.3, -0.25) is 14.4 Å². The van der Waals surface area contributed by atoms with Gasteiger partial charge in [-0.25, -0.2) is 0 Å². The van der Waals surface area contributed by atoms with Crippen molar-refractivity contribution in [1.82, 2.24) is 4.90 Å². The number of likely N-dealkylation sites (tertiary alicyclic amines) is 1. The maximum atomic E-state index is 12.6. The molecule has 5 nitrogen and oxygen atoms in total. The van der Waals surface area contributed by atoms with Gasteiger partial charge in [0.1, 0.15) is 0 Å². The smallest absolute Gasteiger partial charge is 0.249 e. The van der Waals surface area contributed by atoms with Gasteiger partial charge in [-0.1, -0.05) is 6.92 Å². The van der Waals surface area contributed by atoms with Crippen molar-refractivity contribution in [3.05, 3.63) is 41.5 Å². The van der Waals surface area contributed by atoms with Gasteiger partial charge in [0.05, 0.1) is 0 Å². The molecule has 2 rings (SSSR count). The molecular formula is C20H26N2O3. The highest BCUT2D eigenvalue weighted by Crippen LogP contribution is 2.21. The highest BCUT2D eigenvalue weighted by Gasteiger charge is 2.26. The third kappa shape index (κ3) is 5.02. The summed E-state index contributed by atoms with van der Waals surface area (Å²) >= 11 is 0. The number of benzene rings is 1. The van der Waals surface area contributed by atoms with E-state index in [1.54, 1.807) is 31.2 Å². The van der Waals surface area contributed by atoms with Gasteiger partial charge in [-0.2, -0.15) is 0 Å². The van der Waals surface area contributed by atoms with E-state index < -0.39 is 0 Å². The fraction of sp³-hybridized carbons (Fsp3) is 0.450. The third-order valence-electron chi connectivity index (χ3n) is 4.60. The standard InChI is InChI=1S/C20H26N2O3/c1-4-18-7-5-6-12-22(18)20(25)14(2)13-19(24)21-17-10-8-16(9-11-17)15(3)23/h8-11,13,18H,4-7,12H2,1-3H3,(H,21,24)/b14-13-. The lowest BCUT2D eigenvalue weighted by atomic mass is 9.99. The first-order chi connectivity index (χ1) is 11.9. The fourth-order valence-electron chi connectivity index (χ4n) is 3.14. The molecule has 2 amide bonds. The van der Waals surface area contributed by atoms with Crippen LogP contribution in [0.5, 0.6) is 0 Å². The van der Waals surface area contributed by atoms with E-state index in [1.807, 2.05) is 4.90 Å². The molecule has 1 heterocycles. The van der Waals surface area contributed by atoms with Gasteiger partial charge in [0.15, 0.2) is 5.78 Å². The Kier molecular flexibility index (Phi) is 6.51. The lowest BCUT2D eigenvalue weighted by molar-refractivity contribution is -0.131. The number of rotatable bonds is 5. The van der Waals surface area contributed by atoms with Crippen molar-refractivity contribution < 1.29 is 14.4 Å². The van der Waals surface area contributed by atoms with E-state index >= 15 is 0 Å². The van der Waals surface area contributed by atoms with Crippen LogP contribution in [0.15, 0.2) is 35.9 Å². The molecule has 0 saturated carbocycles. The molecule has 5 heteroatoms. The number of amides is 2. The first-order valence-electron chi connectivity index (χ1n) is 8.83. The zero-order chi connectivity index (χ0) is 18.4. The van der Waals surface area contributed by atoms with Crippen LogP contribution >= 0.6 is 0 Å². The van der Waals surface area contributed by atoms with E-state index in [-0.39, 0.29) is 23.6 Å². The molecule has 1 aromatic rings. The molecule has 1 aliphatic rings. The van der Waals surface area contributed by atoms with Crippen molar-refractivity contribution in [2.75, 3.05) is 11.9 Å². The Balaban J connectivity index is 2.01. The molecule has 0 bridgehead atoms. The Hall–Kier alpha value is -2.43. The largest absolute Gasteiger partial charge is 0.336 e. The van der Waals surface area contributed by atoms with Crippen molar-refractivity contribution in [2.45, 2.75) is 52.5 Å². The number of piperidine rings is 1. The maximum Gasteiger partial charge on any atom is 0.249 e. The van der Waals surface area contributed by atoms with Crippen LogP contribution in [0.1, 0.15) is 56.8 Å². The van der Waals surface area contributed by atoms with E-state index in [9.17, 15) is 14.4 Å². The third-order valence-corrected chi connectivity index (χ3v) is 4.60. The van der Waals surface area contributed by atoms with Crippen LogP contribution in [0.2, 0.25) is 0 Å². The minimum Gasteiger partial charge on any atom is -0.336 e. The predicted octanol–water partition coefficient (Wildman–Crippen LogP) is 3.57. The van der Waals surface area contributed by atoms with Crippen LogP contribution in [0.3, 0.4) is 0 Å². The summed E-state index contributed by atoms with van der Waals surface area (Å²) in [7, 11) is 0. The number of ketones is 1. The number of nitrogens with one attached hydrogen (secondary N) is 1. The summed E-state index contributed by atoms with van der Waals surface area (Å²) in [5, 5.41) is 2.72. The SMILES string of the molecule is CCC1CCCCN1C(=O)/C(C)=C\C(=O)Nc1ccc(C(C)=O)cc1. The summed E-state index contributed by atoms with van der Waals surface area (Å²) in [5.41, 5.74) is 1.63. The van der Waals surface area contributed by atoms with Crippen molar-refractivity contribution in [1.29, 1.82) is 0 Å². The van der Waals surface area contributed by atoms with E-state index in [1.165, 1.54) is 13.0 Å². The van der Waals surface area contributed by atoms with E-state index in [0.29, 0.717) is 16.8 Å². The zero-order valence-corrected chi connectivity index (χ0v) is 15.2. The van der Waals surface area contributed by atoms with Crippen molar-refractivity contribution >= 4 is 23.3 Å². The molecule has 25 heavy (non-hydrogen) atoms. The Morgan fingerprint density at radius 1 is 1.16 bits per heavy atom. The second-order valence-corrected chi connectivity index (χ2v) is 6.51. The molecule has 1 saturated heterocycles. The lowest BCUT2D eigenvalue weighted by Gasteiger charge is -2.35. The summed E-state index contributed by atoms with van der Waals surface area (Å²) in [4.78, 5) is 37.9. The summed E-state index contributed by atoms with van der Waals surface area (Å²) < 4.78 is 0. The van der Waals surface area contributed by atoms with Crippen molar-refractivity contribution in [3.63, 3.8) is 0 Å². The molecule has 1 unspecified atom stereocenters. The number of anilines is 1. The lowest BCUT2D eigenvalue weighted by Crippen LogP contribution is -2.43. The second-order valence-electron chi connectivity index (χ2n) is 6.51. The summed E-state index contributed by atoms with van der Waals surface area (Å²) in [6.07, 6.45) is 5.49. The van der Waals surface area contributed by atoms with Crippen LogP contribution in [0.4, 0.5) is 5.69 Å². The van der Waals surface area contributed by atoms with Crippen LogP contribution in [0.25, 0.3) is 0 Å². The Labute approximate surface area is 149 Å². The average molecular weight is 342 g/mol. The number of nitrogens with zero attached hydrogens (tertiary/aromatic N) is 1. The number of carbonyl (C=O) groups excluding carboxylic acids is 3. The second kappa shape index (κ2) is 8.60. The van der Waals surface area contributed by atoms with Crippen molar-refractivity contribution in [3.8, 4) is 0 Å². The molecule has 0 radical (unpaired) electrons. The summed E-state index contributed by atoms with van der Waals surface area (Å²) in [6, 6.07) is 6.96. The minimum atomic E-state index is -0.341. The van der Waals surface area contributed by atoms with Gasteiger partial charge >= 0.3 is 0 Å². The van der Waals surface area contributed by atoms with Gasteiger partial charge in [-0.15, -0.1) is 0 Å². The van der Waals surface area contributed by atoms with Crippen LogP contribution in [-0.4, -0.2) is 35.1 Å². The van der Waals surface area contributed by atoms with Crippen LogP contribution in [-0.2, 0) is 9.59 Å². The predicted molar refractivity (Wildman–Crippen MR) is 98.5 cm³/mol. The van der Waals surface area contributed by atoms with Gasteiger partial charge in [0.25, 0.3) is 0 Å². The molecule has 0 aliphatic carbocycles. The van der Waals surface area contributed by atoms with Gasteiger partial charge in [0, 0.05) is 35.5 Å². The molecule has 134 valence electrons. The van der Waals surface area contributed by atoms with Crippen LogP contribution in [0, 0.1) is 0 Å². The van der Waals surface area contributed by atoms with Gasteiger partial charge < -0.3 is 10.2 Å². The molecule has 1 fully saturated rings. The maximum absolute atomic E-state index is 12.6. The fourth-order valence-corrected chi connectivity index (χ4v) is 3.14. The number of carbonyl (C=O) groups is 3. The number of hydrogen-bond acceptors (Lipinski definition) is 3. The Bertz CT molecular complexity index is 677. The monoisotopic (exact) mass is 342 g/mol. The minimum absolute atomic E-state index is 0.0220. The molecule has 1 aliphatic heterocycles. The molecular weight excluding hydrogens is 316 g/mol. The molecule has 1 N–H and O–H groups in total. The molecule has 0 spiro atoms. The van der Waals surface area contributed by atoms with Gasteiger partial charge in [-0.05, 0) is 63.8 Å². The molecule has 0 aromatic heterocycles. The first kappa shape index (κ1) is 18.9. The average Bonchev–Trinajstić information content (AvgIpc) is 2.61. The first-order valence-corrected chi connectivity index (χ1v) is 8.83. The highest BCUT2D eigenvalue weighted by molar-refractivity contribution is 6.06. The Morgan fingerprint density at radius 3 is 2.44 bits per heavy atom. The number of Topliss-reactive ketones (excluding diaryl/α,β-unsaturated/α-hetero) is 1. The highest BCUT2D eigenvalue weighted by atomic mass is 16.2. The molecule has 1 atom stereocenters.